The summed E-state index contributed by atoms with van der Waals surface area (Å²) in [6, 6.07) is 12.4. The average Bonchev–Trinajstić information content (AvgIpc) is 3.45. The summed E-state index contributed by atoms with van der Waals surface area (Å²) in [7, 11) is 0. The second-order valence-electron chi connectivity index (χ2n) is 8.30. The van der Waals surface area contributed by atoms with E-state index >= 15 is 0 Å². The summed E-state index contributed by atoms with van der Waals surface area (Å²) < 4.78 is 17.3. The molecule has 0 unspecified atom stereocenters. The van der Waals surface area contributed by atoms with Crippen LogP contribution in [0.5, 0.6) is 17.4 Å². The summed E-state index contributed by atoms with van der Waals surface area (Å²) in [6.07, 6.45) is 1.50. The van der Waals surface area contributed by atoms with Crippen molar-refractivity contribution in [3.8, 4) is 17.4 Å². The normalized spacial score (nSPS) is 12.5. The zero-order valence-electron chi connectivity index (χ0n) is 20.0. The van der Waals surface area contributed by atoms with Gasteiger partial charge in [-0.15, -0.1) is 11.3 Å². The number of hydrogen-bond acceptors (Lipinski definition) is 8. The molecule has 2 aromatic carbocycles. The molecule has 0 aliphatic carbocycles. The van der Waals surface area contributed by atoms with Crippen LogP contribution in [0.2, 0.25) is 0 Å². The van der Waals surface area contributed by atoms with E-state index in [1.807, 2.05) is 19.9 Å². The fourth-order valence-corrected chi connectivity index (χ4v) is 5.16. The molecule has 9 heteroatoms. The van der Waals surface area contributed by atoms with Crippen molar-refractivity contribution in [1.29, 1.82) is 0 Å². The second-order valence-corrected chi connectivity index (χ2v) is 9.51. The van der Waals surface area contributed by atoms with Gasteiger partial charge in [0, 0.05) is 21.9 Å². The summed E-state index contributed by atoms with van der Waals surface area (Å²) in [5.41, 5.74) is 2.04. The molecule has 184 valence electrons. The number of hydrogen-bond donors (Lipinski definition) is 1. The van der Waals surface area contributed by atoms with E-state index in [2.05, 4.69) is 4.99 Å². The number of fused-ring (bicyclic) bond motifs is 2. The number of carbonyl (C=O) groups is 1. The van der Waals surface area contributed by atoms with Crippen molar-refractivity contribution in [1.82, 2.24) is 4.57 Å². The van der Waals surface area contributed by atoms with E-state index in [-0.39, 0.29) is 31.4 Å². The van der Waals surface area contributed by atoms with Crippen molar-refractivity contribution >= 4 is 39.3 Å². The third kappa shape index (κ3) is 4.11. The molecule has 0 radical (unpaired) electrons. The average molecular weight is 505 g/mol. The van der Waals surface area contributed by atoms with Crippen molar-refractivity contribution in [3.05, 3.63) is 79.9 Å². The van der Waals surface area contributed by atoms with Gasteiger partial charge in [-0.25, -0.2) is 9.79 Å². The van der Waals surface area contributed by atoms with Gasteiger partial charge in [0.1, 0.15) is 5.00 Å². The summed E-state index contributed by atoms with van der Waals surface area (Å²) in [4.78, 5) is 31.4. The number of rotatable bonds is 6. The van der Waals surface area contributed by atoms with Crippen LogP contribution in [0.25, 0.3) is 10.8 Å². The van der Waals surface area contributed by atoms with Crippen LogP contribution < -0.4 is 15.0 Å². The molecule has 0 atom stereocenters. The Balaban J connectivity index is 1.62. The lowest BCUT2D eigenvalue weighted by Gasteiger charge is -2.14. The number of pyridine rings is 1. The molecule has 1 aliphatic heterocycles. The first-order valence-electron chi connectivity index (χ1n) is 11.4. The van der Waals surface area contributed by atoms with Crippen LogP contribution in [0.1, 0.15) is 38.8 Å². The number of aryl methyl sites for hydroxylation is 1. The van der Waals surface area contributed by atoms with E-state index in [1.54, 1.807) is 43.3 Å². The number of esters is 1. The molecule has 1 N–H and O–H groups in total. The zero-order chi connectivity index (χ0) is 25.4. The Morgan fingerprint density at radius 2 is 1.92 bits per heavy atom. The minimum Gasteiger partial charge on any atom is -0.494 e. The first-order valence-corrected chi connectivity index (χ1v) is 12.2. The van der Waals surface area contributed by atoms with Crippen LogP contribution in [0.3, 0.4) is 0 Å². The van der Waals surface area contributed by atoms with Crippen LogP contribution in [-0.2, 0) is 11.3 Å². The predicted octanol–water partition coefficient (Wildman–Crippen LogP) is 5.09. The van der Waals surface area contributed by atoms with Gasteiger partial charge in [0.2, 0.25) is 12.7 Å². The Bertz CT molecular complexity index is 1580. The van der Waals surface area contributed by atoms with E-state index in [4.69, 9.17) is 14.2 Å². The van der Waals surface area contributed by atoms with Crippen molar-refractivity contribution < 1.29 is 24.1 Å². The Hall–Kier alpha value is -4.11. The molecular formula is C27H24N2O6S. The predicted molar refractivity (Wildman–Crippen MR) is 139 cm³/mol. The largest absolute Gasteiger partial charge is 0.494 e. The highest BCUT2D eigenvalue weighted by Crippen LogP contribution is 2.36. The maximum absolute atomic E-state index is 13.3. The highest BCUT2D eigenvalue weighted by molar-refractivity contribution is 7.16. The number of nitrogens with zero attached hydrogens (tertiary/aromatic N) is 2. The molecule has 0 saturated heterocycles. The molecule has 5 rings (SSSR count). The molecule has 0 fully saturated rings. The van der Waals surface area contributed by atoms with Gasteiger partial charge in [-0.3, -0.25) is 9.36 Å². The smallest absolute Gasteiger partial charge is 0.341 e. The number of ether oxygens (including phenoxy) is 3. The first kappa shape index (κ1) is 23.6. The monoisotopic (exact) mass is 504 g/mol. The highest BCUT2D eigenvalue weighted by atomic mass is 32.1. The van der Waals surface area contributed by atoms with E-state index < -0.39 is 5.97 Å². The minimum absolute atomic E-state index is 0.123. The van der Waals surface area contributed by atoms with Gasteiger partial charge in [0.05, 0.1) is 24.3 Å². The summed E-state index contributed by atoms with van der Waals surface area (Å²) in [5, 5.41) is 12.7. The maximum atomic E-state index is 13.3. The quantitative estimate of drug-likeness (QED) is 0.290. The topological polar surface area (TPSA) is 99.3 Å². The summed E-state index contributed by atoms with van der Waals surface area (Å²) >= 11 is 1.37. The number of aliphatic imine (C=N–C) groups is 1. The second kappa shape index (κ2) is 9.50. The van der Waals surface area contributed by atoms with E-state index in [0.29, 0.717) is 38.4 Å². The van der Waals surface area contributed by atoms with Crippen LogP contribution in [0.4, 0.5) is 5.00 Å². The van der Waals surface area contributed by atoms with E-state index in [9.17, 15) is 14.7 Å². The third-order valence-electron chi connectivity index (χ3n) is 6.12. The summed E-state index contributed by atoms with van der Waals surface area (Å²) in [5.74, 6) is 0.578. The van der Waals surface area contributed by atoms with Crippen molar-refractivity contribution in [3.63, 3.8) is 0 Å². The molecule has 3 heterocycles. The van der Waals surface area contributed by atoms with Crippen LogP contribution in [0, 0.1) is 13.8 Å². The maximum Gasteiger partial charge on any atom is 0.341 e. The number of carbonyl (C=O) groups excluding carboxylic acids is 1. The fourth-order valence-electron chi connectivity index (χ4n) is 4.17. The number of benzene rings is 2. The Labute approximate surface area is 211 Å². The molecule has 36 heavy (non-hydrogen) atoms. The number of aromatic hydroxyl groups is 1. The van der Waals surface area contributed by atoms with Gasteiger partial charge < -0.3 is 19.3 Å². The zero-order valence-corrected chi connectivity index (χ0v) is 20.8. The van der Waals surface area contributed by atoms with Gasteiger partial charge in [-0.2, -0.15) is 0 Å². The molecule has 0 spiro atoms. The van der Waals surface area contributed by atoms with Gasteiger partial charge in [0.25, 0.3) is 5.56 Å². The van der Waals surface area contributed by atoms with Crippen LogP contribution in [-0.4, -0.2) is 35.3 Å². The SMILES string of the molecule is CCOC(=O)c1c(N=Cc2c(O)n(Cc3ccc4c(c3)OCO4)c(=O)c3ccccc23)sc(C)c1C. The number of aromatic nitrogens is 1. The molecule has 4 aromatic rings. The van der Waals surface area contributed by atoms with E-state index in [0.717, 1.165) is 16.0 Å². The Kier molecular flexibility index (Phi) is 6.24. The lowest BCUT2D eigenvalue weighted by atomic mass is 10.1. The standard InChI is InChI=1S/C27H24N2O6S/c1-4-33-27(32)23-15(2)16(3)36-24(23)28-12-20-18-7-5-6-8-19(18)25(30)29(26(20)31)13-17-9-10-21-22(11-17)35-14-34-21/h5-12,31H,4,13-14H2,1-3H3. The Morgan fingerprint density at radius 3 is 2.69 bits per heavy atom. The van der Waals surface area contributed by atoms with Crippen molar-refractivity contribution in [2.45, 2.75) is 27.3 Å². The molecule has 2 aromatic heterocycles. The summed E-state index contributed by atoms with van der Waals surface area (Å²) in [6.45, 7) is 6.06. The van der Waals surface area contributed by atoms with E-state index in [1.165, 1.54) is 22.1 Å². The third-order valence-corrected chi connectivity index (χ3v) is 7.24. The molecule has 8 nitrogen and oxygen atoms in total. The molecule has 0 bridgehead atoms. The highest BCUT2D eigenvalue weighted by Gasteiger charge is 2.21. The van der Waals surface area contributed by atoms with Gasteiger partial charge in [0.15, 0.2) is 11.5 Å². The van der Waals surface area contributed by atoms with Gasteiger partial charge in [-0.05, 0) is 50.1 Å². The van der Waals surface area contributed by atoms with Gasteiger partial charge in [-0.1, -0.05) is 24.3 Å². The van der Waals surface area contributed by atoms with Crippen LogP contribution >= 0.6 is 11.3 Å². The number of thiophene rings is 1. The van der Waals surface area contributed by atoms with Crippen LogP contribution in [0.15, 0.2) is 52.3 Å². The first-order chi connectivity index (χ1) is 17.4. The molecule has 0 saturated carbocycles. The fraction of sp³-hybridized carbons (Fsp3) is 0.222. The Morgan fingerprint density at radius 1 is 1.17 bits per heavy atom. The molecular weight excluding hydrogens is 480 g/mol. The molecule has 0 amide bonds. The van der Waals surface area contributed by atoms with Crippen molar-refractivity contribution in [2.24, 2.45) is 4.99 Å². The van der Waals surface area contributed by atoms with Gasteiger partial charge >= 0.3 is 5.97 Å². The lowest BCUT2D eigenvalue weighted by Crippen LogP contribution is -2.22. The van der Waals surface area contributed by atoms with Crippen molar-refractivity contribution in [2.75, 3.05) is 13.4 Å². The lowest BCUT2D eigenvalue weighted by molar-refractivity contribution is 0.0527. The minimum atomic E-state index is -0.437. The molecule has 1 aliphatic rings.